The van der Waals surface area contributed by atoms with Gasteiger partial charge in [0.05, 0.1) is 21.1 Å². The molecular formula is C13H9ClN2O4S. The Labute approximate surface area is 124 Å². The topological polar surface area (TPSA) is 93.0 Å². The fraction of sp³-hybridized carbons (Fsp3) is 0.0769. The predicted molar refractivity (Wildman–Crippen MR) is 78.2 cm³/mol. The van der Waals surface area contributed by atoms with Crippen LogP contribution in [0.15, 0.2) is 44.6 Å². The van der Waals surface area contributed by atoms with Gasteiger partial charge in [0.2, 0.25) is 0 Å². The van der Waals surface area contributed by atoms with Gasteiger partial charge in [0, 0.05) is 18.0 Å². The number of benzene rings is 1. The number of sulfone groups is 1. The van der Waals surface area contributed by atoms with Crippen molar-refractivity contribution in [3.63, 3.8) is 0 Å². The summed E-state index contributed by atoms with van der Waals surface area (Å²) >= 11 is 6.10. The molecule has 108 valence electrons. The molecule has 0 spiro atoms. The molecule has 3 aromatic rings. The Bertz CT molecular complexity index is 1000. The molecule has 0 radical (unpaired) electrons. The van der Waals surface area contributed by atoms with Crippen molar-refractivity contribution in [1.29, 1.82) is 0 Å². The average Bonchev–Trinajstić information content (AvgIpc) is 2.76. The van der Waals surface area contributed by atoms with Crippen molar-refractivity contribution in [1.82, 2.24) is 9.97 Å². The van der Waals surface area contributed by atoms with Crippen molar-refractivity contribution in [3.8, 4) is 11.3 Å². The third kappa shape index (κ3) is 2.57. The first kappa shape index (κ1) is 13.8. The van der Waals surface area contributed by atoms with Gasteiger partial charge in [0.15, 0.2) is 15.4 Å². The van der Waals surface area contributed by atoms with Crippen LogP contribution < -0.4 is 5.76 Å². The first-order valence-corrected chi connectivity index (χ1v) is 8.10. The zero-order valence-electron chi connectivity index (χ0n) is 10.8. The molecule has 8 heteroatoms. The lowest BCUT2D eigenvalue weighted by atomic mass is 10.1. The number of aromatic nitrogens is 2. The van der Waals surface area contributed by atoms with Crippen LogP contribution in [0.25, 0.3) is 22.4 Å². The molecule has 0 aliphatic carbocycles. The number of pyridine rings is 1. The Kier molecular flexibility index (Phi) is 3.11. The number of hydrogen-bond donors (Lipinski definition) is 1. The van der Waals surface area contributed by atoms with E-state index in [-0.39, 0.29) is 9.92 Å². The van der Waals surface area contributed by atoms with Gasteiger partial charge in [-0.05, 0) is 24.3 Å². The number of aromatic amines is 1. The van der Waals surface area contributed by atoms with E-state index in [1.807, 2.05) is 0 Å². The second kappa shape index (κ2) is 4.71. The standard InChI is InChI=1S/C13H9ClN2O4S/c1-21(18,19)8-5-9(14)12(15-6-8)7-2-3-11-10(4-7)16-13(17)20-11/h2-6H,1H3,(H,16,17). The van der Waals surface area contributed by atoms with Crippen molar-refractivity contribution < 1.29 is 12.8 Å². The van der Waals surface area contributed by atoms with Crippen LogP contribution in [0.2, 0.25) is 5.02 Å². The Morgan fingerprint density at radius 2 is 2.05 bits per heavy atom. The number of nitrogens with one attached hydrogen (secondary N) is 1. The van der Waals surface area contributed by atoms with E-state index < -0.39 is 15.6 Å². The average molecular weight is 325 g/mol. The number of hydrogen-bond acceptors (Lipinski definition) is 5. The normalized spacial score (nSPS) is 11.9. The molecule has 6 nitrogen and oxygen atoms in total. The largest absolute Gasteiger partial charge is 0.417 e. The molecule has 0 unspecified atom stereocenters. The summed E-state index contributed by atoms with van der Waals surface area (Å²) in [6, 6.07) is 6.31. The minimum absolute atomic E-state index is 0.0500. The molecule has 0 bridgehead atoms. The smallest absolute Gasteiger partial charge is 0.408 e. The molecule has 2 aromatic heterocycles. The monoisotopic (exact) mass is 324 g/mol. The summed E-state index contributed by atoms with van der Waals surface area (Å²) in [6.07, 6.45) is 2.33. The van der Waals surface area contributed by atoms with Crippen LogP contribution in [0.4, 0.5) is 0 Å². The van der Waals surface area contributed by atoms with Crippen LogP contribution >= 0.6 is 11.6 Å². The lowest BCUT2D eigenvalue weighted by Gasteiger charge is -2.05. The van der Waals surface area contributed by atoms with Gasteiger partial charge >= 0.3 is 5.76 Å². The molecule has 0 atom stereocenters. The van der Waals surface area contributed by atoms with Gasteiger partial charge in [-0.2, -0.15) is 0 Å². The Hall–Kier alpha value is -2.12. The van der Waals surface area contributed by atoms with Crippen molar-refractivity contribution in [3.05, 3.63) is 46.0 Å². The summed E-state index contributed by atoms with van der Waals surface area (Å²) in [6.45, 7) is 0. The van der Waals surface area contributed by atoms with Crippen LogP contribution in [0.3, 0.4) is 0 Å². The Balaban J connectivity index is 2.16. The summed E-state index contributed by atoms with van der Waals surface area (Å²) < 4.78 is 27.8. The van der Waals surface area contributed by atoms with Crippen LogP contribution in [-0.2, 0) is 9.84 Å². The lowest BCUT2D eigenvalue weighted by Crippen LogP contribution is -1.98. The van der Waals surface area contributed by atoms with Gasteiger partial charge in [0.25, 0.3) is 0 Å². The number of nitrogens with zero attached hydrogens (tertiary/aromatic N) is 1. The lowest BCUT2D eigenvalue weighted by molar-refractivity contribution is 0.555. The van der Waals surface area contributed by atoms with Gasteiger partial charge < -0.3 is 4.42 Å². The van der Waals surface area contributed by atoms with Gasteiger partial charge in [0.1, 0.15) is 0 Å². The second-order valence-electron chi connectivity index (χ2n) is 4.50. The summed E-state index contributed by atoms with van der Waals surface area (Å²) in [5.74, 6) is -0.548. The molecule has 3 rings (SSSR count). The highest BCUT2D eigenvalue weighted by Crippen LogP contribution is 2.29. The number of halogens is 1. The minimum atomic E-state index is -3.37. The summed E-state index contributed by atoms with van der Waals surface area (Å²) in [5, 5.41) is 0.211. The Morgan fingerprint density at radius 3 is 2.71 bits per heavy atom. The van der Waals surface area contributed by atoms with Crippen LogP contribution in [0, 0.1) is 0 Å². The second-order valence-corrected chi connectivity index (χ2v) is 6.92. The maximum Gasteiger partial charge on any atom is 0.417 e. The van der Waals surface area contributed by atoms with Crippen molar-refractivity contribution >= 4 is 32.5 Å². The van der Waals surface area contributed by atoms with Crippen LogP contribution in [0.1, 0.15) is 0 Å². The van der Waals surface area contributed by atoms with E-state index in [1.165, 1.54) is 12.3 Å². The molecule has 0 aliphatic rings. The van der Waals surface area contributed by atoms with Crippen LogP contribution in [0.5, 0.6) is 0 Å². The number of fused-ring (bicyclic) bond motifs is 1. The van der Waals surface area contributed by atoms with Gasteiger partial charge in [-0.15, -0.1) is 0 Å². The molecule has 0 aliphatic heterocycles. The summed E-state index contributed by atoms with van der Waals surface area (Å²) in [7, 11) is -3.37. The number of rotatable bonds is 2. The van der Waals surface area contributed by atoms with E-state index in [9.17, 15) is 13.2 Å². The maximum absolute atomic E-state index is 11.5. The zero-order chi connectivity index (χ0) is 15.2. The van der Waals surface area contributed by atoms with Crippen LogP contribution in [-0.4, -0.2) is 24.6 Å². The summed E-state index contributed by atoms with van der Waals surface area (Å²) in [4.78, 5) is 17.8. The zero-order valence-corrected chi connectivity index (χ0v) is 12.3. The van der Waals surface area contributed by atoms with E-state index in [0.717, 1.165) is 6.26 Å². The fourth-order valence-corrected chi connectivity index (χ4v) is 2.85. The molecule has 0 saturated heterocycles. The van der Waals surface area contributed by atoms with Gasteiger partial charge in [-0.3, -0.25) is 9.97 Å². The quantitative estimate of drug-likeness (QED) is 0.780. The maximum atomic E-state index is 11.5. The number of H-pyrrole nitrogens is 1. The van der Waals surface area contributed by atoms with Gasteiger partial charge in [-0.1, -0.05) is 11.6 Å². The van der Waals surface area contributed by atoms with E-state index in [1.54, 1.807) is 18.2 Å². The van der Waals surface area contributed by atoms with Gasteiger partial charge in [-0.25, -0.2) is 13.2 Å². The van der Waals surface area contributed by atoms with E-state index >= 15 is 0 Å². The molecule has 1 aromatic carbocycles. The predicted octanol–water partition coefficient (Wildman–Crippen LogP) is 2.24. The SMILES string of the molecule is CS(=O)(=O)c1cnc(-c2ccc3oc(=O)[nH]c3c2)c(Cl)c1. The van der Waals surface area contributed by atoms with Crippen molar-refractivity contribution in [2.45, 2.75) is 4.90 Å². The highest BCUT2D eigenvalue weighted by molar-refractivity contribution is 7.90. The Morgan fingerprint density at radius 1 is 1.29 bits per heavy atom. The van der Waals surface area contributed by atoms with Crippen molar-refractivity contribution in [2.24, 2.45) is 0 Å². The fourth-order valence-electron chi connectivity index (χ4n) is 1.93. The molecule has 21 heavy (non-hydrogen) atoms. The molecule has 0 fully saturated rings. The van der Waals surface area contributed by atoms with Crippen molar-refractivity contribution in [2.75, 3.05) is 6.26 Å². The van der Waals surface area contributed by atoms with E-state index in [4.69, 9.17) is 16.0 Å². The third-order valence-corrected chi connectivity index (χ3v) is 4.30. The highest BCUT2D eigenvalue weighted by atomic mass is 35.5. The molecule has 0 saturated carbocycles. The third-order valence-electron chi connectivity index (χ3n) is 2.94. The molecular weight excluding hydrogens is 316 g/mol. The molecule has 0 amide bonds. The first-order chi connectivity index (χ1) is 9.84. The molecule has 1 N–H and O–H groups in total. The minimum Gasteiger partial charge on any atom is -0.408 e. The van der Waals surface area contributed by atoms with E-state index in [0.29, 0.717) is 22.4 Å². The molecule has 2 heterocycles. The number of oxazole rings is 1. The first-order valence-electron chi connectivity index (χ1n) is 5.83. The van der Waals surface area contributed by atoms with E-state index in [2.05, 4.69) is 9.97 Å². The highest BCUT2D eigenvalue weighted by Gasteiger charge is 2.13. The summed E-state index contributed by atoms with van der Waals surface area (Å²) in [5.41, 5.74) is 2.01.